The van der Waals surface area contributed by atoms with Crippen LogP contribution in [-0.2, 0) is 15.1 Å². The Hall–Kier alpha value is -2.39. The lowest BCUT2D eigenvalue weighted by Gasteiger charge is -2.24. The van der Waals surface area contributed by atoms with Gasteiger partial charge in [0.2, 0.25) is 0 Å². The predicted octanol–water partition coefficient (Wildman–Crippen LogP) is 3.68. The zero-order valence-corrected chi connectivity index (χ0v) is 13.2. The molecule has 23 heavy (non-hydrogen) atoms. The second-order valence-corrected chi connectivity index (χ2v) is 5.77. The molecule has 0 amide bonds. The molecule has 1 saturated heterocycles. The first-order valence-corrected chi connectivity index (χ1v) is 7.91. The summed E-state index contributed by atoms with van der Waals surface area (Å²) in [5.41, 5.74) is 1.49. The quantitative estimate of drug-likeness (QED) is 0.692. The number of aliphatic hydroxyl groups is 1. The topological polar surface area (TPSA) is 46.5 Å². The molecule has 1 aliphatic heterocycles. The van der Waals surface area contributed by atoms with Gasteiger partial charge in [-0.15, -0.1) is 0 Å². The van der Waals surface area contributed by atoms with Gasteiger partial charge in [-0.05, 0) is 23.1 Å². The summed E-state index contributed by atoms with van der Waals surface area (Å²) in [6.07, 6.45) is 1.59. The normalized spacial score (nSPS) is 22.8. The SMILES string of the molecule is CCC/C(=C1\C(=O)OCC1(O)c1ccccc1)c1ccccc1. The van der Waals surface area contributed by atoms with Crippen LogP contribution in [-0.4, -0.2) is 17.7 Å². The standard InChI is InChI=1S/C20H20O3/c1-2-9-17(15-10-5-3-6-11-15)18-19(21)23-14-20(18,22)16-12-7-4-8-13-16/h3-8,10-13,22H,2,9,14H2,1H3/b18-17-. The second kappa shape index (κ2) is 6.39. The zero-order valence-electron chi connectivity index (χ0n) is 13.2. The van der Waals surface area contributed by atoms with Crippen molar-refractivity contribution in [2.75, 3.05) is 6.61 Å². The summed E-state index contributed by atoms with van der Waals surface area (Å²) in [4.78, 5) is 12.4. The Morgan fingerprint density at radius 1 is 1.09 bits per heavy atom. The minimum Gasteiger partial charge on any atom is -0.458 e. The molecule has 0 aliphatic carbocycles. The number of hydrogen-bond acceptors (Lipinski definition) is 3. The highest BCUT2D eigenvalue weighted by Gasteiger charge is 2.47. The van der Waals surface area contributed by atoms with Crippen molar-refractivity contribution in [3.8, 4) is 0 Å². The first-order valence-electron chi connectivity index (χ1n) is 7.91. The van der Waals surface area contributed by atoms with Crippen LogP contribution in [0.15, 0.2) is 66.2 Å². The van der Waals surface area contributed by atoms with Crippen LogP contribution in [0.2, 0.25) is 0 Å². The minimum atomic E-state index is -1.39. The fourth-order valence-corrected chi connectivity index (χ4v) is 3.10. The summed E-state index contributed by atoms with van der Waals surface area (Å²) in [5, 5.41) is 11.2. The number of carbonyl (C=O) groups excluding carboxylic acids is 1. The van der Waals surface area contributed by atoms with E-state index in [4.69, 9.17) is 4.74 Å². The number of esters is 1. The van der Waals surface area contributed by atoms with Crippen molar-refractivity contribution in [2.24, 2.45) is 0 Å². The summed E-state index contributed by atoms with van der Waals surface area (Å²) in [6.45, 7) is 2.02. The molecule has 118 valence electrons. The van der Waals surface area contributed by atoms with E-state index in [-0.39, 0.29) is 6.61 Å². The Kier molecular flexibility index (Phi) is 4.30. The molecule has 0 radical (unpaired) electrons. The first-order chi connectivity index (χ1) is 11.2. The van der Waals surface area contributed by atoms with Crippen LogP contribution >= 0.6 is 0 Å². The van der Waals surface area contributed by atoms with E-state index in [2.05, 4.69) is 6.92 Å². The van der Waals surface area contributed by atoms with Gasteiger partial charge in [0.15, 0.2) is 5.60 Å². The Labute approximate surface area is 136 Å². The summed E-state index contributed by atoms with van der Waals surface area (Å²) in [7, 11) is 0. The van der Waals surface area contributed by atoms with E-state index in [1.807, 2.05) is 60.7 Å². The highest BCUT2D eigenvalue weighted by molar-refractivity contribution is 6.02. The Morgan fingerprint density at radius 2 is 1.70 bits per heavy atom. The van der Waals surface area contributed by atoms with E-state index >= 15 is 0 Å². The second-order valence-electron chi connectivity index (χ2n) is 5.77. The van der Waals surface area contributed by atoms with Gasteiger partial charge in [0.1, 0.15) is 6.61 Å². The van der Waals surface area contributed by atoms with E-state index in [1.54, 1.807) is 0 Å². The molecular formula is C20H20O3. The molecule has 1 aliphatic rings. The third kappa shape index (κ3) is 2.80. The molecule has 2 aromatic carbocycles. The van der Waals surface area contributed by atoms with E-state index in [0.29, 0.717) is 17.6 Å². The molecule has 1 heterocycles. The number of hydrogen-bond donors (Lipinski definition) is 1. The van der Waals surface area contributed by atoms with Gasteiger partial charge < -0.3 is 9.84 Å². The average Bonchev–Trinajstić information content (AvgIpc) is 2.91. The molecule has 3 heteroatoms. The van der Waals surface area contributed by atoms with Gasteiger partial charge >= 0.3 is 5.97 Å². The molecule has 3 nitrogen and oxygen atoms in total. The minimum absolute atomic E-state index is 0.0365. The fourth-order valence-electron chi connectivity index (χ4n) is 3.10. The van der Waals surface area contributed by atoms with Gasteiger partial charge in [-0.25, -0.2) is 4.79 Å². The predicted molar refractivity (Wildman–Crippen MR) is 89.6 cm³/mol. The Bertz CT molecular complexity index is 719. The largest absolute Gasteiger partial charge is 0.458 e. The monoisotopic (exact) mass is 308 g/mol. The van der Waals surface area contributed by atoms with Crippen molar-refractivity contribution in [2.45, 2.75) is 25.4 Å². The highest BCUT2D eigenvalue weighted by atomic mass is 16.6. The van der Waals surface area contributed by atoms with Crippen molar-refractivity contribution < 1.29 is 14.6 Å². The van der Waals surface area contributed by atoms with Crippen molar-refractivity contribution in [3.63, 3.8) is 0 Å². The molecule has 1 atom stereocenters. The zero-order chi connectivity index (χ0) is 16.3. The van der Waals surface area contributed by atoms with Crippen molar-refractivity contribution >= 4 is 11.5 Å². The number of carbonyl (C=O) groups is 1. The molecule has 1 fully saturated rings. The van der Waals surface area contributed by atoms with Crippen molar-refractivity contribution in [3.05, 3.63) is 77.4 Å². The maximum atomic E-state index is 12.4. The molecule has 1 unspecified atom stereocenters. The molecular weight excluding hydrogens is 288 g/mol. The molecule has 3 rings (SSSR count). The molecule has 1 N–H and O–H groups in total. The summed E-state index contributed by atoms with van der Waals surface area (Å²) >= 11 is 0. The lowest BCUT2D eigenvalue weighted by atomic mass is 9.82. The third-order valence-electron chi connectivity index (χ3n) is 4.21. The van der Waals surface area contributed by atoms with Gasteiger partial charge in [-0.2, -0.15) is 0 Å². The van der Waals surface area contributed by atoms with Crippen LogP contribution in [0.4, 0.5) is 0 Å². The van der Waals surface area contributed by atoms with Crippen LogP contribution in [0.3, 0.4) is 0 Å². The lowest BCUT2D eigenvalue weighted by Crippen LogP contribution is -2.29. The lowest BCUT2D eigenvalue weighted by molar-refractivity contribution is -0.135. The van der Waals surface area contributed by atoms with Gasteiger partial charge in [0.05, 0.1) is 5.57 Å². The summed E-state index contributed by atoms with van der Waals surface area (Å²) in [5.74, 6) is -0.427. The van der Waals surface area contributed by atoms with E-state index in [9.17, 15) is 9.90 Å². The average molecular weight is 308 g/mol. The smallest absolute Gasteiger partial charge is 0.337 e. The van der Waals surface area contributed by atoms with Crippen LogP contribution in [0.25, 0.3) is 5.57 Å². The van der Waals surface area contributed by atoms with Crippen molar-refractivity contribution in [1.29, 1.82) is 0 Å². The molecule has 0 bridgehead atoms. The molecule has 0 saturated carbocycles. The maximum Gasteiger partial charge on any atom is 0.337 e. The van der Waals surface area contributed by atoms with E-state index < -0.39 is 11.6 Å². The Balaban J connectivity index is 2.21. The summed E-state index contributed by atoms with van der Waals surface area (Å²) in [6, 6.07) is 19.0. The van der Waals surface area contributed by atoms with Gasteiger partial charge in [-0.3, -0.25) is 0 Å². The molecule has 0 spiro atoms. The molecule has 2 aromatic rings. The molecule has 0 aromatic heterocycles. The fraction of sp³-hybridized carbons (Fsp3) is 0.250. The number of benzene rings is 2. The van der Waals surface area contributed by atoms with Gasteiger partial charge in [0.25, 0.3) is 0 Å². The van der Waals surface area contributed by atoms with Gasteiger partial charge in [0, 0.05) is 0 Å². The van der Waals surface area contributed by atoms with E-state index in [1.165, 1.54) is 0 Å². The number of ether oxygens (including phenoxy) is 1. The number of rotatable bonds is 4. The maximum absolute atomic E-state index is 12.4. The van der Waals surface area contributed by atoms with Crippen molar-refractivity contribution in [1.82, 2.24) is 0 Å². The first kappa shape index (κ1) is 15.5. The third-order valence-corrected chi connectivity index (χ3v) is 4.21. The summed E-state index contributed by atoms with van der Waals surface area (Å²) < 4.78 is 5.24. The van der Waals surface area contributed by atoms with Gasteiger partial charge in [-0.1, -0.05) is 74.0 Å². The van der Waals surface area contributed by atoms with Crippen LogP contribution in [0.5, 0.6) is 0 Å². The number of cyclic esters (lactones) is 1. The van der Waals surface area contributed by atoms with E-state index in [0.717, 1.165) is 17.6 Å². The number of allylic oxidation sites excluding steroid dienone is 1. The van der Waals surface area contributed by atoms with Crippen LogP contribution < -0.4 is 0 Å². The Morgan fingerprint density at radius 3 is 2.30 bits per heavy atom. The van der Waals surface area contributed by atoms with Crippen LogP contribution in [0.1, 0.15) is 30.9 Å². The highest BCUT2D eigenvalue weighted by Crippen LogP contribution is 2.41. The van der Waals surface area contributed by atoms with Crippen LogP contribution in [0, 0.1) is 0 Å².